The highest BCUT2D eigenvalue weighted by atomic mass is 19.1. The first-order valence-corrected chi connectivity index (χ1v) is 4.02. The summed E-state index contributed by atoms with van der Waals surface area (Å²) in [6.45, 7) is 2.08. The molecule has 0 aromatic heterocycles. The van der Waals surface area contributed by atoms with E-state index < -0.39 is 18.4 Å². The maximum atomic E-state index is 13.2. The average Bonchev–Trinajstić information content (AvgIpc) is 2.29. The Morgan fingerprint density at radius 3 is 2.58 bits per heavy atom. The molecule has 0 N–H and O–H groups in total. The van der Waals surface area contributed by atoms with Crippen LogP contribution in [0.5, 0.6) is 0 Å². The molecule has 72 valence electrons. The van der Waals surface area contributed by atoms with Crippen LogP contribution in [-0.4, -0.2) is 45.3 Å². The molecule has 1 heterocycles. The summed E-state index contributed by atoms with van der Waals surface area (Å²) in [6, 6.07) is 0. The Morgan fingerprint density at radius 2 is 2.08 bits per heavy atom. The molecule has 1 saturated heterocycles. The van der Waals surface area contributed by atoms with Crippen LogP contribution < -0.4 is 0 Å². The second-order valence-corrected chi connectivity index (χ2v) is 2.98. The van der Waals surface area contributed by atoms with Gasteiger partial charge in [0.15, 0.2) is 6.17 Å². The first-order chi connectivity index (χ1) is 5.70. The van der Waals surface area contributed by atoms with Gasteiger partial charge in [0, 0.05) is 14.2 Å². The first kappa shape index (κ1) is 9.89. The number of methoxy groups -OCH3 is 2. The lowest BCUT2D eigenvalue weighted by Crippen LogP contribution is -2.33. The minimum absolute atomic E-state index is 0.273. The summed E-state index contributed by atoms with van der Waals surface area (Å²) in [5.41, 5.74) is 0. The van der Waals surface area contributed by atoms with Crippen molar-refractivity contribution in [3.05, 3.63) is 0 Å². The fraction of sp³-hybridized carbons (Fsp3) is 1.00. The van der Waals surface area contributed by atoms with E-state index in [0.717, 1.165) is 0 Å². The van der Waals surface area contributed by atoms with Gasteiger partial charge in [-0.15, -0.1) is 0 Å². The van der Waals surface area contributed by atoms with Crippen molar-refractivity contribution in [2.45, 2.75) is 31.4 Å². The molecular formula is C8H15FO3. The Bertz CT molecular complexity index is 142. The van der Waals surface area contributed by atoms with E-state index in [2.05, 4.69) is 0 Å². The van der Waals surface area contributed by atoms with Gasteiger partial charge < -0.3 is 14.2 Å². The van der Waals surface area contributed by atoms with E-state index in [-0.39, 0.29) is 6.10 Å². The fourth-order valence-corrected chi connectivity index (χ4v) is 1.48. The summed E-state index contributed by atoms with van der Waals surface area (Å²) in [7, 11) is 3.05. The molecular weight excluding hydrogens is 163 g/mol. The molecule has 1 aliphatic heterocycles. The summed E-state index contributed by atoms with van der Waals surface area (Å²) < 4.78 is 28.4. The SMILES string of the molecule is COC[C@H]1O[C@@H](C)C(F)[C@H]1OC. The highest BCUT2D eigenvalue weighted by Crippen LogP contribution is 2.25. The van der Waals surface area contributed by atoms with E-state index in [1.54, 1.807) is 14.0 Å². The van der Waals surface area contributed by atoms with E-state index in [0.29, 0.717) is 6.61 Å². The number of alkyl halides is 1. The van der Waals surface area contributed by atoms with Crippen molar-refractivity contribution in [2.75, 3.05) is 20.8 Å². The zero-order valence-electron chi connectivity index (χ0n) is 7.62. The van der Waals surface area contributed by atoms with Crippen LogP contribution in [0.1, 0.15) is 6.92 Å². The fourth-order valence-electron chi connectivity index (χ4n) is 1.48. The molecule has 1 fully saturated rings. The molecule has 0 radical (unpaired) electrons. The van der Waals surface area contributed by atoms with Crippen LogP contribution in [0.25, 0.3) is 0 Å². The van der Waals surface area contributed by atoms with E-state index in [9.17, 15) is 4.39 Å². The van der Waals surface area contributed by atoms with Gasteiger partial charge in [0.05, 0.1) is 12.7 Å². The predicted octanol–water partition coefficient (Wildman–Crippen LogP) is 0.773. The molecule has 0 spiro atoms. The number of ether oxygens (including phenoxy) is 3. The van der Waals surface area contributed by atoms with Crippen molar-refractivity contribution in [1.82, 2.24) is 0 Å². The summed E-state index contributed by atoms with van der Waals surface area (Å²) >= 11 is 0. The van der Waals surface area contributed by atoms with Crippen molar-refractivity contribution >= 4 is 0 Å². The molecule has 4 heteroatoms. The lowest BCUT2D eigenvalue weighted by Gasteiger charge is -2.16. The van der Waals surface area contributed by atoms with Gasteiger partial charge in [0.1, 0.15) is 12.2 Å². The van der Waals surface area contributed by atoms with Gasteiger partial charge in [-0.05, 0) is 6.92 Å². The van der Waals surface area contributed by atoms with Crippen LogP contribution in [-0.2, 0) is 14.2 Å². The third-order valence-electron chi connectivity index (χ3n) is 2.12. The van der Waals surface area contributed by atoms with Crippen LogP contribution in [0.2, 0.25) is 0 Å². The van der Waals surface area contributed by atoms with Gasteiger partial charge >= 0.3 is 0 Å². The van der Waals surface area contributed by atoms with Crippen molar-refractivity contribution in [3.63, 3.8) is 0 Å². The van der Waals surface area contributed by atoms with Crippen LogP contribution in [0.3, 0.4) is 0 Å². The molecule has 1 rings (SSSR count). The predicted molar refractivity (Wildman–Crippen MR) is 41.9 cm³/mol. The second-order valence-electron chi connectivity index (χ2n) is 2.98. The standard InChI is InChI=1S/C8H15FO3/c1-5-7(9)8(11-3)6(12-5)4-10-2/h5-8H,4H2,1-3H3/t5-,6+,7?,8-/m0/s1. The number of rotatable bonds is 3. The van der Waals surface area contributed by atoms with Gasteiger partial charge in [0.2, 0.25) is 0 Å². The zero-order chi connectivity index (χ0) is 9.14. The normalized spacial score (nSPS) is 42.0. The minimum Gasteiger partial charge on any atom is -0.382 e. The topological polar surface area (TPSA) is 27.7 Å². The molecule has 0 aliphatic carbocycles. The van der Waals surface area contributed by atoms with Crippen molar-refractivity contribution < 1.29 is 18.6 Å². The van der Waals surface area contributed by atoms with Crippen LogP contribution in [0.15, 0.2) is 0 Å². The number of hydrogen-bond donors (Lipinski definition) is 0. The molecule has 4 atom stereocenters. The molecule has 0 bridgehead atoms. The highest BCUT2D eigenvalue weighted by Gasteiger charge is 2.42. The Labute approximate surface area is 71.8 Å². The molecule has 3 nitrogen and oxygen atoms in total. The lowest BCUT2D eigenvalue weighted by molar-refractivity contribution is -0.0416. The van der Waals surface area contributed by atoms with Crippen LogP contribution >= 0.6 is 0 Å². The molecule has 12 heavy (non-hydrogen) atoms. The van der Waals surface area contributed by atoms with Gasteiger partial charge in [0.25, 0.3) is 0 Å². The maximum Gasteiger partial charge on any atom is 0.154 e. The molecule has 0 aromatic carbocycles. The summed E-state index contributed by atoms with van der Waals surface area (Å²) in [5.74, 6) is 0. The summed E-state index contributed by atoms with van der Waals surface area (Å²) in [4.78, 5) is 0. The van der Waals surface area contributed by atoms with Crippen molar-refractivity contribution in [2.24, 2.45) is 0 Å². The number of hydrogen-bond acceptors (Lipinski definition) is 3. The lowest BCUT2D eigenvalue weighted by atomic mass is 10.1. The zero-order valence-corrected chi connectivity index (χ0v) is 7.62. The molecule has 0 saturated carbocycles. The minimum atomic E-state index is -1.05. The largest absolute Gasteiger partial charge is 0.382 e. The van der Waals surface area contributed by atoms with Gasteiger partial charge in [-0.1, -0.05) is 0 Å². The van der Waals surface area contributed by atoms with Crippen LogP contribution in [0.4, 0.5) is 4.39 Å². The summed E-state index contributed by atoms with van der Waals surface area (Å²) in [6.07, 6.45) is -2.20. The smallest absolute Gasteiger partial charge is 0.154 e. The Morgan fingerprint density at radius 1 is 1.42 bits per heavy atom. The van der Waals surface area contributed by atoms with E-state index in [1.165, 1.54) is 7.11 Å². The average molecular weight is 178 g/mol. The van der Waals surface area contributed by atoms with E-state index in [4.69, 9.17) is 14.2 Å². The molecule has 0 amide bonds. The third kappa shape index (κ3) is 1.76. The van der Waals surface area contributed by atoms with E-state index in [1.807, 2.05) is 0 Å². The monoisotopic (exact) mass is 178 g/mol. The Balaban J connectivity index is 2.52. The van der Waals surface area contributed by atoms with E-state index >= 15 is 0 Å². The molecule has 1 aliphatic rings. The van der Waals surface area contributed by atoms with Crippen molar-refractivity contribution in [1.29, 1.82) is 0 Å². The van der Waals surface area contributed by atoms with Gasteiger partial charge in [-0.3, -0.25) is 0 Å². The first-order valence-electron chi connectivity index (χ1n) is 4.02. The van der Waals surface area contributed by atoms with Crippen molar-refractivity contribution in [3.8, 4) is 0 Å². The molecule has 1 unspecified atom stereocenters. The second kappa shape index (κ2) is 4.16. The Hall–Kier alpha value is -0.190. The summed E-state index contributed by atoms with van der Waals surface area (Å²) in [5, 5.41) is 0. The quantitative estimate of drug-likeness (QED) is 0.639. The van der Waals surface area contributed by atoms with Gasteiger partial charge in [-0.2, -0.15) is 0 Å². The highest BCUT2D eigenvalue weighted by molar-refractivity contribution is 4.89. The van der Waals surface area contributed by atoms with Gasteiger partial charge in [-0.25, -0.2) is 4.39 Å². The molecule has 0 aromatic rings. The maximum absolute atomic E-state index is 13.2. The third-order valence-corrected chi connectivity index (χ3v) is 2.12. The van der Waals surface area contributed by atoms with Crippen LogP contribution in [0, 0.1) is 0 Å². The Kier molecular flexibility index (Phi) is 3.43. The number of halogens is 1.